The van der Waals surface area contributed by atoms with Gasteiger partial charge in [-0.05, 0) is 37.9 Å². The molecule has 0 atom stereocenters. The quantitative estimate of drug-likeness (QED) is 0.475. The number of carbonyl (C=O) groups excluding carboxylic acids is 1. The molecule has 26 heavy (non-hydrogen) atoms. The number of nitro benzene ring substituents is 1. The van der Waals surface area contributed by atoms with Crippen molar-refractivity contribution in [1.82, 2.24) is 10.2 Å². The predicted molar refractivity (Wildman–Crippen MR) is 96.1 cm³/mol. The van der Waals surface area contributed by atoms with E-state index in [1.165, 1.54) is 24.3 Å². The van der Waals surface area contributed by atoms with Crippen LogP contribution in [-0.2, 0) is 4.79 Å². The summed E-state index contributed by atoms with van der Waals surface area (Å²) in [4.78, 5) is 25.3. The van der Waals surface area contributed by atoms with Crippen molar-refractivity contribution < 1.29 is 19.2 Å². The standard InChI is InChI=1S/C18H23N3O5/c1-2-7-20-8-5-14(6-9-20)19-18(22)4-3-13-10-16-17(26-12-25-16)11-15(13)21(23)24/h3-4,10-11,14H,2,5-9,12H2,1H3,(H,19,22)/b4-3+. The van der Waals surface area contributed by atoms with Crippen LogP contribution < -0.4 is 14.8 Å². The van der Waals surface area contributed by atoms with Gasteiger partial charge in [0.1, 0.15) is 0 Å². The van der Waals surface area contributed by atoms with Gasteiger partial charge < -0.3 is 19.7 Å². The number of piperidine rings is 1. The molecule has 0 aliphatic carbocycles. The van der Waals surface area contributed by atoms with Crippen LogP contribution in [0.5, 0.6) is 11.5 Å². The van der Waals surface area contributed by atoms with Crippen LogP contribution in [-0.4, -0.2) is 48.2 Å². The SMILES string of the molecule is CCCN1CCC(NC(=O)/C=C/c2cc3c(cc2[N+](=O)[O-])OCO3)CC1. The summed E-state index contributed by atoms with van der Waals surface area (Å²) in [6.07, 6.45) is 5.76. The van der Waals surface area contributed by atoms with Gasteiger partial charge in [0.15, 0.2) is 11.5 Å². The van der Waals surface area contributed by atoms with Gasteiger partial charge in [-0.1, -0.05) is 6.92 Å². The minimum Gasteiger partial charge on any atom is -0.454 e. The van der Waals surface area contributed by atoms with Gasteiger partial charge in [-0.25, -0.2) is 0 Å². The summed E-state index contributed by atoms with van der Waals surface area (Å²) in [5, 5.41) is 14.2. The number of benzene rings is 1. The van der Waals surface area contributed by atoms with E-state index in [0.29, 0.717) is 17.1 Å². The molecule has 0 bridgehead atoms. The molecular weight excluding hydrogens is 338 g/mol. The minimum atomic E-state index is -0.497. The van der Waals surface area contributed by atoms with Gasteiger partial charge in [-0.2, -0.15) is 0 Å². The lowest BCUT2D eigenvalue weighted by molar-refractivity contribution is -0.385. The molecular formula is C18H23N3O5. The van der Waals surface area contributed by atoms with E-state index in [-0.39, 0.29) is 24.4 Å². The Hall–Kier alpha value is -2.61. The average molecular weight is 361 g/mol. The topological polar surface area (TPSA) is 93.9 Å². The number of nitro groups is 1. The van der Waals surface area contributed by atoms with Crippen LogP contribution in [0.15, 0.2) is 18.2 Å². The lowest BCUT2D eigenvalue weighted by Gasteiger charge is -2.31. The van der Waals surface area contributed by atoms with E-state index in [0.717, 1.165) is 38.9 Å². The second-order valence-corrected chi connectivity index (χ2v) is 6.48. The molecule has 0 unspecified atom stereocenters. The molecule has 0 saturated carbocycles. The first kappa shape index (κ1) is 18.2. The molecule has 2 aliphatic rings. The third-order valence-electron chi connectivity index (χ3n) is 4.61. The number of likely N-dealkylation sites (tertiary alicyclic amines) is 1. The molecule has 140 valence electrons. The van der Waals surface area contributed by atoms with Crippen molar-refractivity contribution in [3.05, 3.63) is 33.9 Å². The molecule has 1 saturated heterocycles. The number of amides is 1. The molecule has 2 aliphatic heterocycles. The number of hydrogen-bond donors (Lipinski definition) is 1. The maximum atomic E-state index is 12.2. The van der Waals surface area contributed by atoms with Crippen molar-refractivity contribution >= 4 is 17.7 Å². The Bertz CT molecular complexity index is 711. The smallest absolute Gasteiger partial charge is 0.280 e. The Morgan fingerprint density at radius 3 is 2.69 bits per heavy atom. The highest BCUT2D eigenvalue weighted by molar-refractivity contribution is 5.92. The van der Waals surface area contributed by atoms with E-state index in [1.807, 2.05) is 0 Å². The first-order valence-electron chi connectivity index (χ1n) is 8.85. The molecule has 1 N–H and O–H groups in total. The summed E-state index contributed by atoms with van der Waals surface area (Å²) < 4.78 is 10.4. The van der Waals surface area contributed by atoms with Gasteiger partial charge in [-0.3, -0.25) is 14.9 Å². The van der Waals surface area contributed by atoms with E-state index in [9.17, 15) is 14.9 Å². The Balaban J connectivity index is 1.61. The molecule has 1 fully saturated rings. The summed E-state index contributed by atoms with van der Waals surface area (Å²) >= 11 is 0. The fourth-order valence-corrected chi connectivity index (χ4v) is 3.27. The van der Waals surface area contributed by atoms with Crippen LogP contribution in [0.25, 0.3) is 6.08 Å². The van der Waals surface area contributed by atoms with Gasteiger partial charge in [0.2, 0.25) is 12.7 Å². The first-order valence-corrected chi connectivity index (χ1v) is 8.85. The zero-order chi connectivity index (χ0) is 18.5. The van der Waals surface area contributed by atoms with Crippen LogP contribution in [0.3, 0.4) is 0 Å². The highest BCUT2D eigenvalue weighted by Crippen LogP contribution is 2.38. The summed E-state index contributed by atoms with van der Waals surface area (Å²) in [6, 6.07) is 2.99. The third-order valence-corrected chi connectivity index (χ3v) is 4.61. The van der Waals surface area contributed by atoms with Crippen LogP contribution in [0.1, 0.15) is 31.7 Å². The van der Waals surface area contributed by atoms with E-state index >= 15 is 0 Å². The highest BCUT2D eigenvalue weighted by Gasteiger charge is 2.23. The number of rotatable bonds is 6. The van der Waals surface area contributed by atoms with Gasteiger partial charge in [0, 0.05) is 25.2 Å². The van der Waals surface area contributed by atoms with Crippen molar-refractivity contribution in [2.75, 3.05) is 26.4 Å². The lowest BCUT2D eigenvalue weighted by atomic mass is 10.0. The van der Waals surface area contributed by atoms with Crippen LogP contribution in [0, 0.1) is 10.1 Å². The largest absolute Gasteiger partial charge is 0.454 e. The van der Waals surface area contributed by atoms with E-state index < -0.39 is 4.92 Å². The fourth-order valence-electron chi connectivity index (χ4n) is 3.27. The number of hydrogen-bond acceptors (Lipinski definition) is 6. The maximum Gasteiger partial charge on any atom is 0.280 e. The number of fused-ring (bicyclic) bond motifs is 1. The van der Waals surface area contributed by atoms with Gasteiger partial charge in [0.25, 0.3) is 5.69 Å². The van der Waals surface area contributed by atoms with Gasteiger partial charge in [0.05, 0.1) is 16.6 Å². The van der Waals surface area contributed by atoms with Crippen LogP contribution >= 0.6 is 0 Å². The summed E-state index contributed by atoms with van der Waals surface area (Å²) in [5.74, 6) is 0.544. The van der Waals surface area contributed by atoms with Crippen molar-refractivity contribution in [3.63, 3.8) is 0 Å². The Morgan fingerprint density at radius 1 is 1.35 bits per heavy atom. The number of carbonyl (C=O) groups is 1. The molecule has 0 radical (unpaired) electrons. The summed E-state index contributed by atoms with van der Waals surface area (Å²) in [5.41, 5.74) is 0.193. The van der Waals surface area contributed by atoms with E-state index in [4.69, 9.17) is 9.47 Å². The molecule has 1 amide bonds. The predicted octanol–water partition coefficient (Wildman–Crippen LogP) is 2.33. The first-order chi connectivity index (χ1) is 12.6. The number of ether oxygens (including phenoxy) is 2. The molecule has 3 rings (SSSR count). The van der Waals surface area contributed by atoms with Crippen LogP contribution in [0.4, 0.5) is 5.69 Å². The van der Waals surface area contributed by atoms with Gasteiger partial charge >= 0.3 is 0 Å². The molecule has 0 spiro atoms. The number of nitrogens with zero attached hydrogens (tertiary/aromatic N) is 2. The van der Waals surface area contributed by atoms with Crippen molar-refractivity contribution in [2.45, 2.75) is 32.2 Å². The Labute approximate surface area is 151 Å². The molecule has 0 aromatic heterocycles. The Kier molecular flexibility index (Phi) is 5.72. The third kappa shape index (κ3) is 4.32. The summed E-state index contributed by atoms with van der Waals surface area (Å²) in [7, 11) is 0. The van der Waals surface area contributed by atoms with E-state index in [2.05, 4.69) is 17.1 Å². The molecule has 8 heteroatoms. The van der Waals surface area contributed by atoms with E-state index in [1.54, 1.807) is 0 Å². The molecule has 2 heterocycles. The van der Waals surface area contributed by atoms with Crippen molar-refractivity contribution in [3.8, 4) is 11.5 Å². The molecule has 8 nitrogen and oxygen atoms in total. The fraction of sp³-hybridized carbons (Fsp3) is 0.500. The zero-order valence-electron chi connectivity index (χ0n) is 14.8. The normalized spacial score (nSPS) is 17.6. The number of nitrogens with one attached hydrogen (secondary N) is 1. The maximum absolute atomic E-state index is 12.2. The minimum absolute atomic E-state index is 0.0386. The second-order valence-electron chi connectivity index (χ2n) is 6.48. The van der Waals surface area contributed by atoms with Crippen molar-refractivity contribution in [1.29, 1.82) is 0 Å². The lowest BCUT2D eigenvalue weighted by Crippen LogP contribution is -2.44. The van der Waals surface area contributed by atoms with Crippen molar-refractivity contribution in [2.24, 2.45) is 0 Å². The zero-order valence-corrected chi connectivity index (χ0v) is 14.8. The molecule has 1 aromatic carbocycles. The monoisotopic (exact) mass is 361 g/mol. The molecule has 1 aromatic rings. The average Bonchev–Trinajstić information content (AvgIpc) is 3.08. The highest BCUT2D eigenvalue weighted by atomic mass is 16.7. The van der Waals surface area contributed by atoms with Crippen LogP contribution in [0.2, 0.25) is 0 Å². The summed E-state index contributed by atoms with van der Waals surface area (Å²) in [6.45, 7) is 5.26. The second kappa shape index (κ2) is 8.18. The van der Waals surface area contributed by atoms with Gasteiger partial charge in [-0.15, -0.1) is 0 Å². The Morgan fingerprint density at radius 2 is 2.04 bits per heavy atom.